The highest BCUT2D eigenvalue weighted by Crippen LogP contribution is 2.45. The summed E-state index contributed by atoms with van der Waals surface area (Å²) in [5.41, 5.74) is 0.370. The van der Waals surface area contributed by atoms with Gasteiger partial charge in [-0.3, -0.25) is 10.1 Å². The number of fused-ring (bicyclic) bond motifs is 1. The molecule has 8 heteroatoms. The Bertz CT molecular complexity index is 588. The minimum absolute atomic E-state index is 0.0585. The SMILES string of the molecule is O=C(O)Oc1ccc([N+](=O)[O-])cc1[C@H]1CO[C@@H]2OCC[C@@H]21. The van der Waals surface area contributed by atoms with E-state index in [-0.39, 0.29) is 29.6 Å². The number of benzene rings is 1. The molecule has 3 atom stereocenters. The average molecular weight is 295 g/mol. The Kier molecular flexibility index (Phi) is 3.48. The van der Waals surface area contributed by atoms with Gasteiger partial charge in [-0.05, 0) is 12.5 Å². The Morgan fingerprint density at radius 2 is 2.24 bits per heavy atom. The van der Waals surface area contributed by atoms with Crippen LogP contribution in [0.25, 0.3) is 0 Å². The molecule has 0 bridgehead atoms. The maximum atomic E-state index is 10.9. The highest BCUT2D eigenvalue weighted by atomic mass is 16.7. The number of hydrogen-bond acceptors (Lipinski definition) is 6. The van der Waals surface area contributed by atoms with E-state index < -0.39 is 11.1 Å². The van der Waals surface area contributed by atoms with E-state index in [4.69, 9.17) is 19.3 Å². The highest BCUT2D eigenvalue weighted by Gasteiger charge is 2.43. The van der Waals surface area contributed by atoms with Crippen LogP contribution in [-0.2, 0) is 9.47 Å². The molecule has 0 spiro atoms. The van der Waals surface area contributed by atoms with E-state index in [9.17, 15) is 14.9 Å². The number of carboxylic acid groups (broad SMARTS) is 1. The number of hydrogen-bond donors (Lipinski definition) is 1. The van der Waals surface area contributed by atoms with Gasteiger partial charge in [0, 0.05) is 29.5 Å². The third kappa shape index (κ3) is 2.55. The highest BCUT2D eigenvalue weighted by molar-refractivity contribution is 5.63. The van der Waals surface area contributed by atoms with Gasteiger partial charge in [0.25, 0.3) is 5.69 Å². The van der Waals surface area contributed by atoms with Crippen LogP contribution in [0, 0.1) is 16.0 Å². The lowest BCUT2D eigenvalue weighted by Crippen LogP contribution is -2.15. The van der Waals surface area contributed by atoms with Crippen LogP contribution in [0.2, 0.25) is 0 Å². The summed E-state index contributed by atoms with van der Waals surface area (Å²) < 4.78 is 15.7. The molecule has 21 heavy (non-hydrogen) atoms. The number of nitro benzene ring substituents is 1. The van der Waals surface area contributed by atoms with Gasteiger partial charge in [0.05, 0.1) is 18.1 Å². The van der Waals surface area contributed by atoms with E-state index in [0.29, 0.717) is 18.8 Å². The van der Waals surface area contributed by atoms with Gasteiger partial charge in [-0.25, -0.2) is 4.79 Å². The van der Waals surface area contributed by atoms with E-state index in [2.05, 4.69) is 0 Å². The number of carbonyl (C=O) groups is 1. The van der Waals surface area contributed by atoms with Crippen LogP contribution >= 0.6 is 0 Å². The summed E-state index contributed by atoms with van der Waals surface area (Å²) in [7, 11) is 0. The molecule has 2 aliphatic heterocycles. The Morgan fingerprint density at radius 3 is 2.95 bits per heavy atom. The largest absolute Gasteiger partial charge is 0.511 e. The molecule has 2 saturated heterocycles. The number of rotatable bonds is 3. The molecule has 112 valence electrons. The lowest BCUT2D eigenvalue weighted by atomic mass is 9.86. The van der Waals surface area contributed by atoms with Crippen molar-refractivity contribution in [1.29, 1.82) is 0 Å². The summed E-state index contributed by atoms with van der Waals surface area (Å²) in [6, 6.07) is 3.89. The second kappa shape index (κ2) is 5.30. The van der Waals surface area contributed by atoms with Crippen LogP contribution in [0.15, 0.2) is 18.2 Å². The topological polar surface area (TPSA) is 108 Å². The van der Waals surface area contributed by atoms with Gasteiger partial charge in [-0.1, -0.05) is 0 Å². The third-order valence-electron chi connectivity index (χ3n) is 3.84. The van der Waals surface area contributed by atoms with Gasteiger partial charge < -0.3 is 19.3 Å². The molecule has 0 saturated carbocycles. The summed E-state index contributed by atoms with van der Waals surface area (Å²) in [6.45, 7) is 0.891. The zero-order valence-corrected chi connectivity index (χ0v) is 10.9. The maximum absolute atomic E-state index is 10.9. The molecule has 1 aromatic rings. The van der Waals surface area contributed by atoms with Crippen LogP contribution < -0.4 is 4.74 Å². The van der Waals surface area contributed by atoms with Crippen LogP contribution in [0.1, 0.15) is 17.9 Å². The molecule has 0 amide bonds. The number of nitrogens with zero attached hydrogens (tertiary/aromatic N) is 1. The summed E-state index contributed by atoms with van der Waals surface area (Å²) in [4.78, 5) is 21.2. The molecule has 2 aliphatic rings. The predicted octanol–water partition coefficient (Wildman–Crippen LogP) is 2.13. The number of ether oxygens (including phenoxy) is 3. The van der Waals surface area contributed by atoms with E-state index >= 15 is 0 Å². The third-order valence-corrected chi connectivity index (χ3v) is 3.84. The Hall–Kier alpha value is -2.19. The van der Waals surface area contributed by atoms with Crippen molar-refractivity contribution >= 4 is 11.8 Å². The lowest BCUT2D eigenvalue weighted by Gasteiger charge is -2.17. The van der Waals surface area contributed by atoms with E-state index in [1.807, 2.05) is 0 Å². The van der Waals surface area contributed by atoms with Gasteiger partial charge in [0.15, 0.2) is 6.29 Å². The molecule has 1 N–H and O–H groups in total. The summed E-state index contributed by atoms with van der Waals surface area (Å²) in [5.74, 6) is -0.0100. The van der Waals surface area contributed by atoms with Crippen LogP contribution in [0.5, 0.6) is 5.75 Å². The second-order valence-electron chi connectivity index (χ2n) is 4.98. The molecule has 3 rings (SSSR count). The lowest BCUT2D eigenvalue weighted by molar-refractivity contribution is -0.385. The summed E-state index contributed by atoms with van der Waals surface area (Å²) >= 11 is 0. The standard InChI is InChI=1S/C13H13NO7/c15-13(16)21-11-2-1-7(14(17)18)5-9(11)10-6-20-12-8(10)3-4-19-12/h1-2,5,8,10,12H,3-4,6H2,(H,15,16)/t8-,10+,12+/m1/s1. The first-order valence-corrected chi connectivity index (χ1v) is 6.48. The minimum Gasteiger partial charge on any atom is -0.449 e. The van der Waals surface area contributed by atoms with Crippen LogP contribution in [0.3, 0.4) is 0 Å². The fourth-order valence-corrected chi connectivity index (χ4v) is 2.91. The Balaban J connectivity index is 1.99. The zero-order valence-electron chi connectivity index (χ0n) is 10.9. The molecule has 8 nitrogen and oxygen atoms in total. The van der Waals surface area contributed by atoms with E-state index in [0.717, 1.165) is 6.42 Å². The first-order chi connectivity index (χ1) is 10.1. The average Bonchev–Trinajstić information content (AvgIpc) is 3.01. The summed E-state index contributed by atoms with van der Waals surface area (Å²) in [5, 5.41) is 19.7. The molecule has 0 aromatic heterocycles. The van der Waals surface area contributed by atoms with E-state index in [1.54, 1.807) is 0 Å². The normalized spacial score (nSPS) is 27.3. The molecular formula is C13H13NO7. The van der Waals surface area contributed by atoms with Crippen molar-refractivity contribution in [3.8, 4) is 5.75 Å². The van der Waals surface area contributed by atoms with Gasteiger partial charge in [-0.15, -0.1) is 0 Å². The summed E-state index contributed by atoms with van der Waals surface area (Å²) in [6.07, 6.45) is -1.01. The smallest absolute Gasteiger partial charge is 0.449 e. The maximum Gasteiger partial charge on any atom is 0.511 e. The van der Waals surface area contributed by atoms with Crippen LogP contribution in [-0.4, -0.2) is 35.7 Å². The van der Waals surface area contributed by atoms with Crippen molar-refractivity contribution < 1.29 is 29.0 Å². The second-order valence-corrected chi connectivity index (χ2v) is 4.98. The molecule has 0 radical (unpaired) electrons. The van der Waals surface area contributed by atoms with Crippen molar-refractivity contribution in [1.82, 2.24) is 0 Å². The molecule has 2 heterocycles. The van der Waals surface area contributed by atoms with Gasteiger partial charge in [-0.2, -0.15) is 0 Å². The molecule has 2 fully saturated rings. The molecule has 1 aromatic carbocycles. The van der Waals surface area contributed by atoms with Crippen molar-refractivity contribution in [2.75, 3.05) is 13.2 Å². The van der Waals surface area contributed by atoms with Gasteiger partial charge in [0.1, 0.15) is 5.75 Å². The molecular weight excluding hydrogens is 282 g/mol. The first kappa shape index (κ1) is 13.8. The van der Waals surface area contributed by atoms with Gasteiger partial charge >= 0.3 is 6.16 Å². The van der Waals surface area contributed by atoms with E-state index in [1.165, 1.54) is 18.2 Å². The first-order valence-electron chi connectivity index (χ1n) is 6.48. The number of nitro groups is 1. The number of non-ortho nitro benzene ring substituents is 1. The predicted molar refractivity (Wildman–Crippen MR) is 68.3 cm³/mol. The monoisotopic (exact) mass is 295 g/mol. The van der Waals surface area contributed by atoms with Crippen molar-refractivity contribution in [2.45, 2.75) is 18.6 Å². The Labute approximate surface area is 119 Å². The van der Waals surface area contributed by atoms with Gasteiger partial charge in [0.2, 0.25) is 0 Å². The Morgan fingerprint density at radius 1 is 1.43 bits per heavy atom. The fraction of sp³-hybridized carbons (Fsp3) is 0.462. The quantitative estimate of drug-likeness (QED) is 0.394. The minimum atomic E-state index is -1.46. The van der Waals surface area contributed by atoms with Crippen molar-refractivity contribution in [2.24, 2.45) is 5.92 Å². The van der Waals surface area contributed by atoms with Crippen molar-refractivity contribution in [3.05, 3.63) is 33.9 Å². The molecule has 0 aliphatic carbocycles. The van der Waals surface area contributed by atoms with Crippen molar-refractivity contribution in [3.63, 3.8) is 0 Å². The zero-order chi connectivity index (χ0) is 15.0. The molecule has 0 unspecified atom stereocenters. The fourth-order valence-electron chi connectivity index (χ4n) is 2.91. The van der Waals surface area contributed by atoms with Crippen LogP contribution in [0.4, 0.5) is 10.5 Å².